The zero-order valence-electron chi connectivity index (χ0n) is 12.0. The standard InChI is InChI=1S/C14H22N4O/c1-10-5-7-18-12(9-10)16-13(17-18)15-11(6-8-19)14(2,3)4/h5,7,9,11,19H,6,8H2,1-4H3,(H,15,17). The quantitative estimate of drug-likeness (QED) is 0.887. The Morgan fingerprint density at radius 3 is 2.79 bits per heavy atom. The summed E-state index contributed by atoms with van der Waals surface area (Å²) in [4.78, 5) is 4.47. The molecule has 5 heteroatoms. The fourth-order valence-corrected chi connectivity index (χ4v) is 2.05. The minimum atomic E-state index is 0.0378. The van der Waals surface area contributed by atoms with Crippen LogP contribution in [0.3, 0.4) is 0 Å². The molecule has 19 heavy (non-hydrogen) atoms. The van der Waals surface area contributed by atoms with E-state index in [1.54, 1.807) is 4.52 Å². The predicted molar refractivity (Wildman–Crippen MR) is 76.3 cm³/mol. The van der Waals surface area contributed by atoms with E-state index < -0.39 is 0 Å². The molecule has 1 atom stereocenters. The minimum absolute atomic E-state index is 0.0378. The molecule has 2 aromatic rings. The van der Waals surface area contributed by atoms with Gasteiger partial charge in [0.15, 0.2) is 5.65 Å². The number of hydrogen-bond donors (Lipinski definition) is 2. The van der Waals surface area contributed by atoms with Crippen LogP contribution in [-0.4, -0.2) is 32.4 Å². The first kappa shape index (κ1) is 13.8. The molecule has 2 aromatic heterocycles. The number of aromatic nitrogens is 3. The van der Waals surface area contributed by atoms with Crippen molar-refractivity contribution in [3.63, 3.8) is 0 Å². The summed E-state index contributed by atoms with van der Waals surface area (Å²) in [7, 11) is 0. The highest BCUT2D eigenvalue weighted by Gasteiger charge is 2.25. The number of aliphatic hydroxyl groups is 1. The van der Waals surface area contributed by atoms with Crippen LogP contribution < -0.4 is 5.32 Å². The van der Waals surface area contributed by atoms with Crippen LogP contribution in [0.2, 0.25) is 0 Å². The lowest BCUT2D eigenvalue weighted by Crippen LogP contribution is -2.35. The van der Waals surface area contributed by atoms with Crippen molar-refractivity contribution in [2.45, 2.75) is 40.2 Å². The summed E-state index contributed by atoms with van der Waals surface area (Å²) in [5.74, 6) is 0.610. The number of rotatable bonds is 4. The lowest BCUT2D eigenvalue weighted by atomic mass is 9.85. The largest absolute Gasteiger partial charge is 0.396 e. The van der Waals surface area contributed by atoms with Crippen LogP contribution in [0.4, 0.5) is 5.95 Å². The number of nitrogens with zero attached hydrogens (tertiary/aromatic N) is 3. The van der Waals surface area contributed by atoms with E-state index in [2.05, 4.69) is 36.2 Å². The molecule has 0 saturated heterocycles. The van der Waals surface area contributed by atoms with Crippen LogP contribution in [0.25, 0.3) is 5.65 Å². The summed E-state index contributed by atoms with van der Waals surface area (Å²) in [6.07, 6.45) is 2.58. The van der Waals surface area contributed by atoms with Crippen LogP contribution >= 0.6 is 0 Å². The summed E-state index contributed by atoms with van der Waals surface area (Å²) in [5, 5.41) is 16.9. The van der Waals surface area contributed by atoms with Crippen molar-refractivity contribution < 1.29 is 5.11 Å². The van der Waals surface area contributed by atoms with Crippen molar-refractivity contribution in [3.05, 3.63) is 23.9 Å². The van der Waals surface area contributed by atoms with Crippen molar-refractivity contribution in [1.82, 2.24) is 14.6 Å². The Hall–Kier alpha value is -1.62. The van der Waals surface area contributed by atoms with E-state index in [-0.39, 0.29) is 18.1 Å². The number of fused-ring (bicyclic) bond motifs is 1. The van der Waals surface area contributed by atoms with Gasteiger partial charge >= 0.3 is 0 Å². The zero-order valence-corrected chi connectivity index (χ0v) is 12.0. The highest BCUT2D eigenvalue weighted by molar-refractivity contribution is 5.45. The molecule has 5 nitrogen and oxygen atoms in total. The molecule has 0 aromatic carbocycles. The van der Waals surface area contributed by atoms with Crippen molar-refractivity contribution in [1.29, 1.82) is 0 Å². The molecule has 0 amide bonds. The van der Waals surface area contributed by atoms with Gasteiger partial charge in [0.25, 0.3) is 0 Å². The maximum absolute atomic E-state index is 9.17. The summed E-state index contributed by atoms with van der Waals surface area (Å²) >= 11 is 0. The molecular weight excluding hydrogens is 240 g/mol. The number of anilines is 1. The van der Waals surface area contributed by atoms with E-state index in [0.717, 1.165) is 11.2 Å². The first-order valence-electron chi connectivity index (χ1n) is 6.60. The van der Waals surface area contributed by atoms with Crippen LogP contribution in [-0.2, 0) is 0 Å². The average Bonchev–Trinajstić information content (AvgIpc) is 2.68. The van der Waals surface area contributed by atoms with Gasteiger partial charge in [-0.25, -0.2) is 4.52 Å². The number of aliphatic hydroxyl groups excluding tert-OH is 1. The monoisotopic (exact) mass is 262 g/mol. The molecule has 0 fully saturated rings. The van der Waals surface area contributed by atoms with E-state index in [1.807, 2.05) is 25.3 Å². The Kier molecular flexibility index (Phi) is 3.75. The number of pyridine rings is 1. The van der Waals surface area contributed by atoms with Crippen molar-refractivity contribution in [2.24, 2.45) is 5.41 Å². The maximum Gasteiger partial charge on any atom is 0.243 e. The molecule has 2 heterocycles. The predicted octanol–water partition coefficient (Wildman–Crippen LogP) is 2.25. The van der Waals surface area contributed by atoms with Crippen LogP contribution in [0, 0.1) is 12.3 Å². The summed E-state index contributed by atoms with van der Waals surface area (Å²) in [6.45, 7) is 8.60. The third kappa shape index (κ3) is 3.23. The Labute approximate surface area is 113 Å². The number of hydrogen-bond acceptors (Lipinski definition) is 4. The van der Waals surface area contributed by atoms with E-state index in [9.17, 15) is 0 Å². The Morgan fingerprint density at radius 2 is 2.16 bits per heavy atom. The fraction of sp³-hybridized carbons (Fsp3) is 0.571. The summed E-state index contributed by atoms with van der Waals surface area (Å²) < 4.78 is 1.76. The fourth-order valence-electron chi connectivity index (χ4n) is 2.05. The molecule has 0 saturated carbocycles. The maximum atomic E-state index is 9.17. The van der Waals surface area contributed by atoms with E-state index in [0.29, 0.717) is 12.4 Å². The molecule has 0 aliphatic carbocycles. The van der Waals surface area contributed by atoms with Gasteiger partial charge in [0.2, 0.25) is 5.95 Å². The molecule has 0 radical (unpaired) electrons. The number of aryl methyl sites for hydroxylation is 1. The van der Waals surface area contributed by atoms with Gasteiger partial charge < -0.3 is 10.4 Å². The first-order chi connectivity index (χ1) is 8.90. The first-order valence-corrected chi connectivity index (χ1v) is 6.60. The number of nitrogens with one attached hydrogen (secondary N) is 1. The lowest BCUT2D eigenvalue weighted by Gasteiger charge is -2.30. The van der Waals surface area contributed by atoms with Crippen molar-refractivity contribution in [3.8, 4) is 0 Å². The van der Waals surface area contributed by atoms with Gasteiger partial charge in [-0.3, -0.25) is 0 Å². The molecule has 0 spiro atoms. The average molecular weight is 262 g/mol. The molecule has 0 bridgehead atoms. The van der Waals surface area contributed by atoms with Gasteiger partial charge in [-0.2, -0.15) is 4.98 Å². The van der Waals surface area contributed by atoms with Gasteiger partial charge in [0.1, 0.15) is 0 Å². The van der Waals surface area contributed by atoms with Crippen molar-refractivity contribution >= 4 is 11.6 Å². The van der Waals surface area contributed by atoms with E-state index in [1.165, 1.54) is 0 Å². The summed E-state index contributed by atoms with van der Waals surface area (Å²) in [6, 6.07) is 4.13. The SMILES string of the molecule is Cc1ccn2nc(NC(CCO)C(C)(C)C)nc2c1. The van der Waals surface area contributed by atoms with E-state index >= 15 is 0 Å². The van der Waals surface area contributed by atoms with Gasteiger partial charge in [-0.1, -0.05) is 20.8 Å². The Bertz CT molecular complexity index is 556. The molecule has 1 unspecified atom stereocenters. The van der Waals surface area contributed by atoms with Crippen LogP contribution in [0.1, 0.15) is 32.8 Å². The van der Waals surface area contributed by atoms with E-state index in [4.69, 9.17) is 5.11 Å². The van der Waals surface area contributed by atoms with Gasteiger partial charge in [-0.05, 0) is 36.5 Å². The highest BCUT2D eigenvalue weighted by atomic mass is 16.3. The third-order valence-electron chi connectivity index (χ3n) is 3.26. The van der Waals surface area contributed by atoms with Gasteiger partial charge in [-0.15, -0.1) is 5.10 Å². The lowest BCUT2D eigenvalue weighted by molar-refractivity contribution is 0.235. The highest BCUT2D eigenvalue weighted by Crippen LogP contribution is 2.24. The molecule has 2 N–H and O–H groups in total. The van der Waals surface area contributed by atoms with Gasteiger partial charge in [0.05, 0.1) is 0 Å². The Morgan fingerprint density at radius 1 is 1.42 bits per heavy atom. The topological polar surface area (TPSA) is 62.5 Å². The smallest absolute Gasteiger partial charge is 0.243 e. The normalized spacial score (nSPS) is 13.7. The molecule has 0 aliphatic rings. The Balaban J connectivity index is 2.24. The minimum Gasteiger partial charge on any atom is -0.396 e. The second kappa shape index (κ2) is 5.17. The van der Waals surface area contributed by atoms with Crippen LogP contribution in [0.5, 0.6) is 0 Å². The second-order valence-corrected chi connectivity index (χ2v) is 6.02. The second-order valence-electron chi connectivity index (χ2n) is 6.02. The zero-order chi connectivity index (χ0) is 14.0. The van der Waals surface area contributed by atoms with Gasteiger partial charge in [0, 0.05) is 18.8 Å². The molecule has 104 valence electrons. The molecule has 0 aliphatic heterocycles. The van der Waals surface area contributed by atoms with Crippen molar-refractivity contribution in [2.75, 3.05) is 11.9 Å². The molecular formula is C14H22N4O. The summed E-state index contributed by atoms with van der Waals surface area (Å²) in [5.41, 5.74) is 2.03. The molecule has 2 rings (SSSR count). The third-order valence-corrected chi connectivity index (χ3v) is 3.26. The van der Waals surface area contributed by atoms with Crippen LogP contribution in [0.15, 0.2) is 18.3 Å².